The standard InChI is InChI=1S/C32H42ClN3O9Si/c1-46(2,3)15-14-39-19-36-23-16-22(33)28(20-7-9-21(10-8-20)40-13-11-26(37)38)34-31(23)35-32(36)45-25-18-43-29-24(17-42-30(25)29)44-27-6-4-5-12-41-27/h7-10,16,24-25,27,29-30H,4-6,11-15,17-19H2,1-3H3,(H,37,38)/t24-,25-,27?,29-,30-/m1/s1. The zero-order valence-electron chi connectivity index (χ0n) is 26.5. The van der Waals surface area contributed by atoms with Crippen molar-refractivity contribution in [1.82, 2.24) is 14.5 Å². The van der Waals surface area contributed by atoms with Crippen molar-refractivity contribution in [2.75, 3.05) is 33.0 Å². The highest BCUT2D eigenvalue weighted by atomic mass is 35.5. The molecule has 0 radical (unpaired) electrons. The molecule has 6 rings (SSSR count). The summed E-state index contributed by atoms with van der Waals surface area (Å²) in [6, 6.07) is 10.4. The number of benzene rings is 1. The lowest BCUT2D eigenvalue weighted by molar-refractivity contribution is -0.202. The topological polar surface area (TPSA) is 133 Å². The van der Waals surface area contributed by atoms with E-state index in [9.17, 15) is 4.79 Å². The second-order valence-electron chi connectivity index (χ2n) is 13.1. The summed E-state index contributed by atoms with van der Waals surface area (Å²) >= 11 is 6.80. The fourth-order valence-corrected chi connectivity index (χ4v) is 6.73. The molecule has 1 aromatic carbocycles. The molecule has 0 amide bonds. The number of aromatic nitrogens is 3. The van der Waals surface area contributed by atoms with Gasteiger partial charge in [0.15, 0.2) is 18.0 Å². The number of fused-ring (bicyclic) bond motifs is 2. The number of aliphatic carboxylic acids is 1. The van der Waals surface area contributed by atoms with Gasteiger partial charge in [0.05, 0.1) is 42.5 Å². The maximum Gasteiger partial charge on any atom is 0.306 e. The number of rotatable bonds is 14. The van der Waals surface area contributed by atoms with Crippen LogP contribution in [0, 0.1) is 0 Å². The molecule has 12 nitrogen and oxygen atoms in total. The van der Waals surface area contributed by atoms with Gasteiger partial charge < -0.3 is 38.3 Å². The van der Waals surface area contributed by atoms with Crippen molar-refractivity contribution >= 4 is 36.8 Å². The lowest BCUT2D eigenvalue weighted by Gasteiger charge is -2.27. The lowest BCUT2D eigenvalue weighted by atomic mass is 10.1. The molecule has 1 N–H and O–H groups in total. The van der Waals surface area contributed by atoms with Gasteiger partial charge in [-0.1, -0.05) is 31.2 Å². The zero-order valence-corrected chi connectivity index (χ0v) is 28.2. The van der Waals surface area contributed by atoms with Gasteiger partial charge in [-0.2, -0.15) is 4.98 Å². The van der Waals surface area contributed by atoms with E-state index < -0.39 is 20.1 Å². The molecule has 14 heteroatoms. The van der Waals surface area contributed by atoms with E-state index in [-0.39, 0.29) is 44.4 Å². The molecule has 0 saturated carbocycles. The molecule has 3 aromatic rings. The molecule has 0 aliphatic carbocycles. The predicted molar refractivity (Wildman–Crippen MR) is 172 cm³/mol. The number of carboxylic acid groups (broad SMARTS) is 1. The number of ether oxygens (including phenoxy) is 7. The third-order valence-corrected chi connectivity index (χ3v) is 10.3. The first-order chi connectivity index (χ1) is 22.1. The van der Waals surface area contributed by atoms with Crippen molar-refractivity contribution in [2.24, 2.45) is 0 Å². The normalized spacial score (nSPS) is 24.7. The summed E-state index contributed by atoms with van der Waals surface area (Å²) in [5.74, 6) is -0.355. The number of carbonyl (C=O) groups is 1. The Bertz CT molecular complexity index is 1490. The molecule has 5 heterocycles. The Balaban J connectivity index is 1.21. The molecule has 3 fully saturated rings. The fourth-order valence-electron chi connectivity index (χ4n) is 5.72. The van der Waals surface area contributed by atoms with Crippen LogP contribution in [-0.2, 0) is 35.2 Å². The number of nitrogens with zero attached hydrogens (tertiary/aromatic N) is 3. The first-order valence-corrected chi connectivity index (χ1v) is 20.0. The van der Waals surface area contributed by atoms with Crippen LogP contribution in [0.3, 0.4) is 0 Å². The van der Waals surface area contributed by atoms with Crippen molar-refractivity contribution in [3.05, 3.63) is 35.4 Å². The Morgan fingerprint density at radius 2 is 1.80 bits per heavy atom. The van der Waals surface area contributed by atoms with Gasteiger partial charge in [-0.3, -0.25) is 9.36 Å². The second kappa shape index (κ2) is 14.5. The molecule has 1 unspecified atom stereocenters. The highest BCUT2D eigenvalue weighted by Gasteiger charge is 2.50. The van der Waals surface area contributed by atoms with Crippen molar-refractivity contribution in [3.8, 4) is 23.0 Å². The number of pyridine rings is 1. The summed E-state index contributed by atoms with van der Waals surface area (Å²) in [5.41, 5.74) is 2.46. The largest absolute Gasteiger partial charge is 0.493 e. The van der Waals surface area contributed by atoms with Gasteiger partial charge >= 0.3 is 12.0 Å². The highest BCUT2D eigenvalue weighted by Crippen LogP contribution is 2.35. The number of hydrogen-bond donors (Lipinski definition) is 1. The van der Waals surface area contributed by atoms with Crippen LogP contribution >= 0.6 is 11.6 Å². The summed E-state index contributed by atoms with van der Waals surface area (Å²) in [7, 11) is -1.29. The molecule has 5 atom stereocenters. The zero-order chi connectivity index (χ0) is 32.3. The maximum atomic E-state index is 10.8. The Kier molecular flexibility index (Phi) is 10.5. The van der Waals surface area contributed by atoms with Crippen LogP contribution in [-0.4, -0.2) is 97.4 Å². The predicted octanol–water partition coefficient (Wildman–Crippen LogP) is 5.37. The second-order valence-corrected chi connectivity index (χ2v) is 19.1. The average Bonchev–Trinajstić information content (AvgIpc) is 3.70. The van der Waals surface area contributed by atoms with Crippen LogP contribution in [0.25, 0.3) is 22.4 Å². The summed E-state index contributed by atoms with van der Waals surface area (Å²) in [6.07, 6.45) is 1.53. The van der Waals surface area contributed by atoms with Crippen LogP contribution in [0.5, 0.6) is 11.8 Å². The van der Waals surface area contributed by atoms with Crippen molar-refractivity contribution < 1.29 is 43.1 Å². The van der Waals surface area contributed by atoms with Crippen LogP contribution in [0.2, 0.25) is 30.7 Å². The Morgan fingerprint density at radius 1 is 1.04 bits per heavy atom. The van der Waals surface area contributed by atoms with Crippen LogP contribution in [0.1, 0.15) is 25.7 Å². The van der Waals surface area contributed by atoms with E-state index >= 15 is 0 Å². The number of halogens is 1. The molecule has 3 saturated heterocycles. The molecule has 0 bridgehead atoms. The SMILES string of the molecule is C[Si](C)(C)CCOCn1c(O[C@@H]2CO[C@H]3[C@@H]2OC[C@H]3OC2CCCCO2)nc2nc(-c3ccc(OCCC(=O)O)cc3)c(Cl)cc21. The first kappa shape index (κ1) is 33.1. The van der Waals surface area contributed by atoms with E-state index in [1.165, 1.54) is 0 Å². The fraction of sp³-hybridized carbons (Fsp3) is 0.594. The van der Waals surface area contributed by atoms with Crippen LogP contribution in [0.15, 0.2) is 30.3 Å². The minimum absolute atomic E-state index is 0.0784. The molecular formula is C32H42ClN3O9Si. The molecule has 2 aromatic heterocycles. The van der Waals surface area contributed by atoms with E-state index in [1.54, 1.807) is 12.1 Å². The molecule has 46 heavy (non-hydrogen) atoms. The molecule has 3 aliphatic rings. The summed E-state index contributed by atoms with van der Waals surface area (Å²) in [6.45, 7) is 9.33. The van der Waals surface area contributed by atoms with E-state index in [4.69, 9.17) is 59.8 Å². The summed E-state index contributed by atoms with van der Waals surface area (Å²) in [5, 5.41) is 9.29. The van der Waals surface area contributed by atoms with Crippen molar-refractivity contribution in [1.29, 1.82) is 0 Å². The highest BCUT2D eigenvalue weighted by molar-refractivity contribution is 6.76. The van der Waals surface area contributed by atoms with E-state index in [0.29, 0.717) is 60.1 Å². The first-order valence-electron chi connectivity index (χ1n) is 15.9. The monoisotopic (exact) mass is 675 g/mol. The van der Waals surface area contributed by atoms with Gasteiger partial charge in [0, 0.05) is 26.9 Å². The minimum Gasteiger partial charge on any atom is -0.493 e. The van der Waals surface area contributed by atoms with Crippen molar-refractivity contribution in [3.63, 3.8) is 0 Å². The van der Waals surface area contributed by atoms with Gasteiger partial charge in [0.25, 0.3) is 0 Å². The van der Waals surface area contributed by atoms with Gasteiger partial charge in [-0.15, -0.1) is 0 Å². The molecule has 3 aliphatic heterocycles. The molecular weight excluding hydrogens is 634 g/mol. The quantitative estimate of drug-likeness (QED) is 0.175. The Morgan fingerprint density at radius 3 is 2.52 bits per heavy atom. The van der Waals surface area contributed by atoms with Gasteiger partial charge in [-0.25, -0.2) is 4.98 Å². The summed E-state index contributed by atoms with van der Waals surface area (Å²) in [4.78, 5) is 20.4. The molecule has 0 spiro atoms. The van der Waals surface area contributed by atoms with E-state index in [1.807, 2.05) is 22.8 Å². The minimum atomic E-state index is -1.29. The number of carboxylic acids is 1. The average molecular weight is 676 g/mol. The third kappa shape index (κ3) is 8.01. The molecule has 250 valence electrons. The summed E-state index contributed by atoms with van der Waals surface area (Å²) < 4.78 is 44.3. The number of hydrogen-bond acceptors (Lipinski definition) is 10. The van der Waals surface area contributed by atoms with Gasteiger partial charge in [-0.05, 0) is 55.6 Å². The smallest absolute Gasteiger partial charge is 0.306 e. The maximum absolute atomic E-state index is 10.8. The van der Waals surface area contributed by atoms with Crippen LogP contribution < -0.4 is 9.47 Å². The van der Waals surface area contributed by atoms with Gasteiger partial charge in [0.2, 0.25) is 0 Å². The number of imidazole rings is 1. The lowest BCUT2D eigenvalue weighted by Crippen LogP contribution is -2.38. The van der Waals surface area contributed by atoms with Crippen LogP contribution in [0.4, 0.5) is 0 Å². The Hall–Kier alpha value is -2.78. The van der Waals surface area contributed by atoms with Gasteiger partial charge in [0.1, 0.15) is 30.8 Å². The van der Waals surface area contributed by atoms with E-state index in [2.05, 4.69) is 19.6 Å². The third-order valence-electron chi connectivity index (χ3n) is 8.27. The van der Waals surface area contributed by atoms with Crippen molar-refractivity contribution in [2.45, 2.75) is 88.8 Å². The van der Waals surface area contributed by atoms with E-state index in [0.717, 1.165) is 30.9 Å². The Labute approximate surface area is 274 Å².